The van der Waals surface area contributed by atoms with Gasteiger partial charge in [0.05, 0.1) is 33.8 Å². The van der Waals surface area contributed by atoms with Crippen LogP contribution in [0.1, 0.15) is 40.2 Å². The maximum absolute atomic E-state index is 13.8. The topological polar surface area (TPSA) is 72.6 Å². The van der Waals surface area contributed by atoms with Crippen molar-refractivity contribution in [2.24, 2.45) is 0 Å². The van der Waals surface area contributed by atoms with E-state index in [1.165, 1.54) is 11.3 Å². The lowest BCUT2D eigenvalue weighted by Gasteiger charge is -2.23. The van der Waals surface area contributed by atoms with Crippen molar-refractivity contribution in [3.05, 3.63) is 99.4 Å². The Kier molecular flexibility index (Phi) is 4.74. The van der Waals surface area contributed by atoms with Gasteiger partial charge in [-0.3, -0.25) is 14.5 Å². The number of para-hydroxylation sites is 1. The molecule has 6 nitrogen and oxygen atoms in total. The van der Waals surface area contributed by atoms with Crippen LogP contribution in [-0.2, 0) is 0 Å². The summed E-state index contributed by atoms with van der Waals surface area (Å²) < 4.78 is 12.7. The van der Waals surface area contributed by atoms with Crippen LogP contribution in [0.15, 0.2) is 75.9 Å². The van der Waals surface area contributed by atoms with Crippen LogP contribution >= 0.6 is 11.3 Å². The van der Waals surface area contributed by atoms with Gasteiger partial charge in [-0.1, -0.05) is 41.7 Å². The molecule has 0 saturated carbocycles. The molecule has 1 aliphatic rings. The second-order valence-corrected chi connectivity index (χ2v) is 9.23. The summed E-state index contributed by atoms with van der Waals surface area (Å²) in [6, 6.07) is 19.8. The van der Waals surface area contributed by atoms with Gasteiger partial charge in [-0.05, 0) is 61.4 Å². The summed E-state index contributed by atoms with van der Waals surface area (Å²) in [6.07, 6.45) is 0. The third-order valence-electron chi connectivity index (χ3n) is 6.00. The number of carbonyl (C=O) groups is 1. The number of carbonyl (C=O) groups excluding carboxylic acids is 1. The van der Waals surface area contributed by atoms with E-state index >= 15 is 0 Å². The highest BCUT2D eigenvalue weighted by Crippen LogP contribution is 2.44. The molecule has 0 saturated heterocycles. The molecule has 168 valence electrons. The van der Waals surface area contributed by atoms with Crippen LogP contribution in [0.5, 0.6) is 5.75 Å². The molecule has 0 radical (unpaired) electrons. The molecule has 0 spiro atoms. The van der Waals surface area contributed by atoms with E-state index in [1.54, 1.807) is 29.2 Å². The zero-order chi connectivity index (χ0) is 23.4. The number of ether oxygens (including phenoxy) is 1. The molecule has 1 amide bonds. The predicted molar refractivity (Wildman–Crippen MR) is 133 cm³/mol. The quantitative estimate of drug-likeness (QED) is 0.330. The molecular weight excluding hydrogens is 448 g/mol. The van der Waals surface area contributed by atoms with Gasteiger partial charge >= 0.3 is 0 Å². The van der Waals surface area contributed by atoms with Gasteiger partial charge in [-0.25, -0.2) is 4.98 Å². The first-order valence-corrected chi connectivity index (χ1v) is 11.9. The number of fused-ring (bicyclic) bond motifs is 3. The molecule has 0 bridgehead atoms. The average Bonchev–Trinajstić information content (AvgIpc) is 3.38. The van der Waals surface area contributed by atoms with E-state index in [1.807, 2.05) is 56.3 Å². The number of hydrogen-bond acceptors (Lipinski definition) is 6. The lowest BCUT2D eigenvalue weighted by atomic mass is 9.98. The Morgan fingerprint density at radius 3 is 2.76 bits per heavy atom. The summed E-state index contributed by atoms with van der Waals surface area (Å²) in [6.45, 7) is 4.44. The smallest absolute Gasteiger partial charge is 0.297 e. The maximum atomic E-state index is 13.8. The van der Waals surface area contributed by atoms with Crippen molar-refractivity contribution in [3.63, 3.8) is 0 Å². The number of aromatic nitrogens is 1. The van der Waals surface area contributed by atoms with E-state index in [-0.39, 0.29) is 17.1 Å². The minimum absolute atomic E-state index is 0.0611. The summed E-state index contributed by atoms with van der Waals surface area (Å²) in [5.74, 6) is 0.359. The number of hydrogen-bond donors (Lipinski definition) is 0. The number of aryl methyl sites for hydroxylation is 1. The van der Waals surface area contributed by atoms with Gasteiger partial charge in [-0.2, -0.15) is 0 Å². The first-order chi connectivity index (χ1) is 16.5. The van der Waals surface area contributed by atoms with Crippen molar-refractivity contribution in [1.82, 2.24) is 4.98 Å². The maximum Gasteiger partial charge on any atom is 0.297 e. The SMILES string of the molecule is CCOc1cccc([C@@H]2c3c(oc4ccccc4c3=O)C(=O)N2c2nc3ccc(C)cc3s2)c1. The molecular formula is C27H20N2O4S. The lowest BCUT2D eigenvalue weighted by molar-refractivity contribution is 0.0971. The van der Waals surface area contributed by atoms with Crippen LogP contribution in [0.3, 0.4) is 0 Å². The summed E-state index contributed by atoms with van der Waals surface area (Å²) in [7, 11) is 0. The molecule has 1 aliphatic heterocycles. The molecule has 0 fully saturated rings. The predicted octanol–water partition coefficient (Wildman–Crippen LogP) is 5.86. The van der Waals surface area contributed by atoms with E-state index in [0.29, 0.717) is 34.0 Å². The normalized spacial score (nSPS) is 15.3. The standard InChI is InChI=1S/C27H20N2O4S/c1-3-32-17-8-6-7-16(14-17)23-22-24(30)18-9-4-5-10-20(18)33-25(22)26(31)29(23)27-28-19-12-11-15(2)13-21(19)34-27/h4-14,23H,3H2,1-2H3/t23-/m1/s1. The van der Waals surface area contributed by atoms with Crippen LogP contribution in [0.25, 0.3) is 21.2 Å². The second-order valence-electron chi connectivity index (χ2n) is 8.22. The van der Waals surface area contributed by atoms with Gasteiger partial charge in [-0.15, -0.1) is 0 Å². The van der Waals surface area contributed by atoms with Crippen LogP contribution in [0.4, 0.5) is 5.13 Å². The lowest BCUT2D eigenvalue weighted by Crippen LogP contribution is -2.29. The summed E-state index contributed by atoms with van der Waals surface area (Å²) in [4.78, 5) is 33.8. The Labute approximate surface area is 199 Å². The molecule has 5 aromatic rings. The van der Waals surface area contributed by atoms with Crippen molar-refractivity contribution < 1.29 is 13.9 Å². The molecule has 34 heavy (non-hydrogen) atoms. The first-order valence-electron chi connectivity index (χ1n) is 11.0. The number of amides is 1. The monoisotopic (exact) mass is 468 g/mol. The Hall–Kier alpha value is -3.97. The van der Waals surface area contributed by atoms with Gasteiger partial charge in [0.2, 0.25) is 5.76 Å². The molecule has 7 heteroatoms. The molecule has 2 aromatic heterocycles. The minimum atomic E-state index is -0.676. The third kappa shape index (κ3) is 3.12. The Morgan fingerprint density at radius 1 is 1.06 bits per heavy atom. The molecule has 3 heterocycles. The summed E-state index contributed by atoms with van der Waals surface area (Å²) >= 11 is 1.43. The van der Waals surface area contributed by atoms with Crippen LogP contribution in [-0.4, -0.2) is 17.5 Å². The van der Waals surface area contributed by atoms with E-state index in [9.17, 15) is 9.59 Å². The van der Waals surface area contributed by atoms with Gasteiger partial charge in [0, 0.05) is 0 Å². The minimum Gasteiger partial charge on any atom is -0.494 e. The Bertz CT molecular complexity index is 1650. The molecule has 3 aromatic carbocycles. The van der Waals surface area contributed by atoms with Gasteiger partial charge in [0.25, 0.3) is 5.91 Å². The molecule has 0 aliphatic carbocycles. The van der Waals surface area contributed by atoms with Crippen molar-refractivity contribution >= 4 is 43.6 Å². The highest BCUT2D eigenvalue weighted by Gasteiger charge is 2.45. The Balaban J connectivity index is 1.62. The molecule has 6 rings (SSSR count). The molecule has 1 atom stereocenters. The third-order valence-corrected chi connectivity index (χ3v) is 7.02. The number of rotatable bonds is 4. The van der Waals surface area contributed by atoms with E-state index in [2.05, 4.69) is 0 Å². The average molecular weight is 469 g/mol. The van der Waals surface area contributed by atoms with Crippen LogP contribution < -0.4 is 15.1 Å². The molecule has 0 N–H and O–H groups in total. The van der Waals surface area contributed by atoms with Gasteiger partial charge < -0.3 is 9.15 Å². The van der Waals surface area contributed by atoms with Crippen molar-refractivity contribution in [2.75, 3.05) is 11.5 Å². The highest BCUT2D eigenvalue weighted by atomic mass is 32.1. The number of nitrogens with zero attached hydrogens (tertiary/aromatic N) is 2. The highest BCUT2D eigenvalue weighted by molar-refractivity contribution is 7.22. The van der Waals surface area contributed by atoms with Crippen molar-refractivity contribution in [3.8, 4) is 5.75 Å². The summed E-state index contributed by atoms with van der Waals surface area (Å²) in [5, 5.41) is 0.967. The fraction of sp³-hybridized carbons (Fsp3) is 0.148. The number of anilines is 1. The zero-order valence-electron chi connectivity index (χ0n) is 18.6. The van der Waals surface area contributed by atoms with Crippen LogP contribution in [0, 0.1) is 6.92 Å². The van der Waals surface area contributed by atoms with Crippen LogP contribution in [0.2, 0.25) is 0 Å². The molecule has 0 unspecified atom stereocenters. The fourth-order valence-electron chi connectivity index (χ4n) is 4.50. The fourth-order valence-corrected chi connectivity index (χ4v) is 5.59. The van der Waals surface area contributed by atoms with Gasteiger partial charge in [0.1, 0.15) is 11.3 Å². The number of benzene rings is 3. The van der Waals surface area contributed by atoms with Crippen molar-refractivity contribution in [1.29, 1.82) is 0 Å². The van der Waals surface area contributed by atoms with E-state index in [4.69, 9.17) is 14.1 Å². The zero-order valence-corrected chi connectivity index (χ0v) is 19.4. The first kappa shape index (κ1) is 20.6. The van der Waals surface area contributed by atoms with E-state index < -0.39 is 6.04 Å². The van der Waals surface area contributed by atoms with E-state index in [0.717, 1.165) is 21.3 Å². The van der Waals surface area contributed by atoms with Gasteiger partial charge in [0.15, 0.2) is 10.6 Å². The number of thiazole rings is 1. The van der Waals surface area contributed by atoms with Crippen molar-refractivity contribution in [2.45, 2.75) is 19.9 Å². The second kappa shape index (κ2) is 7.81. The Morgan fingerprint density at radius 2 is 1.91 bits per heavy atom. The summed E-state index contributed by atoms with van der Waals surface area (Å²) in [5.41, 5.74) is 3.19. The largest absolute Gasteiger partial charge is 0.494 e.